The van der Waals surface area contributed by atoms with Gasteiger partial charge in [0.2, 0.25) is 0 Å². The molecule has 15 heavy (non-hydrogen) atoms. The van der Waals surface area contributed by atoms with Crippen LogP contribution in [0.15, 0.2) is 12.3 Å². The Balaban J connectivity index is 2.32. The number of pyridine rings is 1. The fraction of sp³-hybridized carbons (Fsp3) is 0.545. The summed E-state index contributed by atoms with van der Waals surface area (Å²) in [5.74, 6) is 0.834. The SMILES string of the molecule is CCN(c1ncc(F)cc1CCl)C1CC1. The van der Waals surface area contributed by atoms with Crippen molar-refractivity contribution in [1.82, 2.24) is 4.98 Å². The highest BCUT2D eigenvalue weighted by Crippen LogP contribution is 2.32. The van der Waals surface area contributed by atoms with Gasteiger partial charge in [-0.05, 0) is 25.8 Å². The van der Waals surface area contributed by atoms with E-state index >= 15 is 0 Å². The maximum absolute atomic E-state index is 13.0. The van der Waals surface area contributed by atoms with E-state index in [1.165, 1.54) is 25.1 Å². The first-order chi connectivity index (χ1) is 7.26. The lowest BCUT2D eigenvalue weighted by Crippen LogP contribution is -2.27. The summed E-state index contributed by atoms with van der Waals surface area (Å²) in [7, 11) is 0. The van der Waals surface area contributed by atoms with Crippen LogP contribution in [0.5, 0.6) is 0 Å². The molecule has 0 aliphatic heterocycles. The minimum Gasteiger partial charge on any atom is -0.354 e. The fourth-order valence-electron chi connectivity index (χ4n) is 1.80. The van der Waals surface area contributed by atoms with Gasteiger partial charge >= 0.3 is 0 Å². The topological polar surface area (TPSA) is 16.1 Å². The van der Waals surface area contributed by atoms with Gasteiger partial charge in [0, 0.05) is 18.2 Å². The molecule has 1 fully saturated rings. The van der Waals surface area contributed by atoms with Crippen molar-refractivity contribution in [2.75, 3.05) is 11.4 Å². The summed E-state index contributed by atoms with van der Waals surface area (Å²) in [6.07, 6.45) is 3.67. The molecule has 1 saturated carbocycles. The second-order valence-corrected chi connectivity index (χ2v) is 4.05. The summed E-state index contributed by atoms with van der Waals surface area (Å²) in [4.78, 5) is 6.35. The zero-order valence-electron chi connectivity index (χ0n) is 8.71. The molecule has 4 heteroatoms. The molecule has 1 aliphatic carbocycles. The van der Waals surface area contributed by atoms with Crippen molar-refractivity contribution in [2.45, 2.75) is 31.7 Å². The third-order valence-electron chi connectivity index (χ3n) is 2.65. The van der Waals surface area contributed by atoms with Crippen molar-refractivity contribution in [2.24, 2.45) is 0 Å². The standard InChI is InChI=1S/C11H14ClFN2/c1-2-15(10-3-4-10)11-8(6-12)5-9(13)7-14-11/h5,7,10H,2-4,6H2,1H3. The molecule has 0 atom stereocenters. The molecular formula is C11H14ClFN2. The van der Waals surface area contributed by atoms with Crippen LogP contribution in [0, 0.1) is 5.82 Å². The van der Waals surface area contributed by atoms with Crippen molar-refractivity contribution >= 4 is 17.4 Å². The lowest BCUT2D eigenvalue weighted by atomic mass is 10.2. The van der Waals surface area contributed by atoms with Crippen LogP contribution in [0.25, 0.3) is 0 Å². The van der Waals surface area contributed by atoms with Gasteiger partial charge in [0.15, 0.2) is 0 Å². The summed E-state index contributed by atoms with van der Waals surface area (Å²) < 4.78 is 13.0. The quantitative estimate of drug-likeness (QED) is 0.737. The van der Waals surface area contributed by atoms with E-state index in [0.717, 1.165) is 17.9 Å². The van der Waals surface area contributed by atoms with Gasteiger partial charge in [-0.25, -0.2) is 9.37 Å². The molecule has 0 amide bonds. The highest BCUT2D eigenvalue weighted by Gasteiger charge is 2.30. The Morgan fingerprint density at radius 3 is 2.87 bits per heavy atom. The molecular weight excluding hydrogens is 215 g/mol. The first kappa shape index (κ1) is 10.7. The molecule has 2 nitrogen and oxygen atoms in total. The lowest BCUT2D eigenvalue weighted by molar-refractivity contribution is 0.618. The molecule has 0 bridgehead atoms. The highest BCUT2D eigenvalue weighted by atomic mass is 35.5. The van der Waals surface area contributed by atoms with Crippen molar-refractivity contribution in [3.63, 3.8) is 0 Å². The van der Waals surface area contributed by atoms with E-state index in [4.69, 9.17) is 11.6 Å². The van der Waals surface area contributed by atoms with Gasteiger partial charge in [-0.3, -0.25) is 0 Å². The minimum atomic E-state index is -0.318. The zero-order valence-corrected chi connectivity index (χ0v) is 9.47. The highest BCUT2D eigenvalue weighted by molar-refractivity contribution is 6.17. The second kappa shape index (κ2) is 4.35. The molecule has 0 spiro atoms. The maximum Gasteiger partial charge on any atom is 0.141 e. The van der Waals surface area contributed by atoms with E-state index in [-0.39, 0.29) is 5.82 Å². The molecule has 1 aliphatic rings. The van der Waals surface area contributed by atoms with Crippen molar-refractivity contribution < 1.29 is 4.39 Å². The van der Waals surface area contributed by atoms with Gasteiger partial charge in [0.1, 0.15) is 11.6 Å². The molecule has 2 rings (SSSR count). The number of aromatic nitrogens is 1. The van der Waals surface area contributed by atoms with Crippen LogP contribution in [0.1, 0.15) is 25.3 Å². The Morgan fingerprint density at radius 2 is 2.33 bits per heavy atom. The first-order valence-electron chi connectivity index (χ1n) is 5.23. The van der Waals surface area contributed by atoms with Gasteiger partial charge in [-0.15, -0.1) is 11.6 Å². The van der Waals surface area contributed by atoms with Gasteiger partial charge in [0.05, 0.1) is 12.1 Å². The maximum atomic E-state index is 13.0. The number of halogens is 2. The third-order valence-corrected chi connectivity index (χ3v) is 2.94. The van der Waals surface area contributed by atoms with Gasteiger partial charge in [0.25, 0.3) is 0 Å². The summed E-state index contributed by atoms with van der Waals surface area (Å²) >= 11 is 5.80. The first-order valence-corrected chi connectivity index (χ1v) is 5.76. The van der Waals surface area contributed by atoms with E-state index in [0.29, 0.717) is 11.9 Å². The van der Waals surface area contributed by atoms with Crippen LogP contribution in [-0.4, -0.2) is 17.6 Å². The molecule has 0 saturated heterocycles. The van der Waals surface area contributed by atoms with Crippen LogP contribution in [0.3, 0.4) is 0 Å². The fourth-order valence-corrected chi connectivity index (χ4v) is 1.99. The average molecular weight is 229 g/mol. The summed E-state index contributed by atoms with van der Waals surface area (Å²) in [5.41, 5.74) is 0.783. The van der Waals surface area contributed by atoms with Gasteiger partial charge in [-0.1, -0.05) is 0 Å². The van der Waals surface area contributed by atoms with E-state index in [2.05, 4.69) is 16.8 Å². The van der Waals surface area contributed by atoms with Crippen molar-refractivity contribution in [3.8, 4) is 0 Å². The van der Waals surface area contributed by atoms with E-state index in [1.807, 2.05) is 0 Å². The van der Waals surface area contributed by atoms with Crippen molar-refractivity contribution in [3.05, 3.63) is 23.6 Å². The number of alkyl halides is 1. The molecule has 1 aromatic rings. The van der Waals surface area contributed by atoms with Crippen molar-refractivity contribution in [1.29, 1.82) is 0 Å². The monoisotopic (exact) mass is 228 g/mol. The predicted molar refractivity (Wildman–Crippen MR) is 59.8 cm³/mol. The Kier molecular flexibility index (Phi) is 3.10. The Bertz CT molecular complexity index is 352. The molecule has 0 N–H and O–H groups in total. The lowest BCUT2D eigenvalue weighted by Gasteiger charge is -2.23. The molecule has 0 unspecified atom stereocenters. The number of hydrogen-bond acceptors (Lipinski definition) is 2. The Morgan fingerprint density at radius 1 is 1.60 bits per heavy atom. The molecule has 0 radical (unpaired) electrons. The van der Waals surface area contributed by atoms with Crippen LogP contribution in [0.2, 0.25) is 0 Å². The van der Waals surface area contributed by atoms with Crippen LogP contribution < -0.4 is 4.90 Å². The molecule has 1 aromatic heterocycles. The Labute approximate surface area is 94.1 Å². The van der Waals surface area contributed by atoms with Gasteiger partial charge in [-0.2, -0.15) is 0 Å². The number of anilines is 1. The van der Waals surface area contributed by atoms with Gasteiger partial charge < -0.3 is 4.90 Å². The zero-order chi connectivity index (χ0) is 10.8. The summed E-state index contributed by atoms with van der Waals surface area (Å²) in [6.45, 7) is 2.98. The smallest absolute Gasteiger partial charge is 0.141 e. The summed E-state index contributed by atoms with van der Waals surface area (Å²) in [5, 5.41) is 0. The summed E-state index contributed by atoms with van der Waals surface area (Å²) in [6, 6.07) is 2.05. The number of rotatable bonds is 4. The van der Waals surface area contributed by atoms with E-state index in [9.17, 15) is 4.39 Å². The number of nitrogens with zero attached hydrogens (tertiary/aromatic N) is 2. The second-order valence-electron chi connectivity index (χ2n) is 3.79. The average Bonchev–Trinajstić information content (AvgIpc) is 3.05. The van der Waals surface area contributed by atoms with Crippen LogP contribution in [-0.2, 0) is 5.88 Å². The van der Waals surface area contributed by atoms with Crippen LogP contribution in [0.4, 0.5) is 10.2 Å². The minimum absolute atomic E-state index is 0.309. The largest absolute Gasteiger partial charge is 0.354 e. The molecule has 82 valence electrons. The van der Waals surface area contributed by atoms with E-state index < -0.39 is 0 Å². The van der Waals surface area contributed by atoms with Crippen LogP contribution >= 0.6 is 11.6 Å². The number of hydrogen-bond donors (Lipinski definition) is 0. The molecule has 1 heterocycles. The predicted octanol–water partition coefficient (Wildman–Crippen LogP) is 2.95. The Hall–Kier alpha value is -0.830. The normalized spacial score (nSPS) is 15.4. The third kappa shape index (κ3) is 2.23. The molecule has 0 aromatic carbocycles. The van der Waals surface area contributed by atoms with E-state index in [1.54, 1.807) is 0 Å².